The molecule has 0 aromatic heterocycles. The molecular weight excluding hydrogens is 470 g/mol. The van der Waals surface area contributed by atoms with Gasteiger partial charge in [0.05, 0.1) is 12.2 Å². The monoisotopic (exact) mass is 495 g/mol. The van der Waals surface area contributed by atoms with E-state index < -0.39 is 11.8 Å². The zero-order valence-electron chi connectivity index (χ0n) is 20.0. The fraction of sp³-hybridized carbons (Fsp3) is 0.133. The van der Waals surface area contributed by atoms with Crippen molar-refractivity contribution in [3.63, 3.8) is 0 Å². The Morgan fingerprint density at radius 3 is 2.19 bits per heavy atom. The predicted molar refractivity (Wildman–Crippen MR) is 139 cm³/mol. The zero-order chi connectivity index (χ0) is 26.0. The van der Waals surface area contributed by atoms with Crippen molar-refractivity contribution < 1.29 is 28.7 Å². The summed E-state index contributed by atoms with van der Waals surface area (Å²) < 4.78 is 11.1. The highest BCUT2D eigenvalue weighted by molar-refractivity contribution is 6.33. The summed E-state index contributed by atoms with van der Waals surface area (Å²) in [6.45, 7) is 0.428. The number of allylic oxidation sites excluding steroid dienone is 1. The van der Waals surface area contributed by atoms with E-state index in [0.717, 1.165) is 5.56 Å². The molecule has 1 aliphatic rings. The maximum atomic E-state index is 12.2. The molecule has 1 aliphatic heterocycles. The first-order valence-corrected chi connectivity index (χ1v) is 11.9. The van der Waals surface area contributed by atoms with Crippen molar-refractivity contribution in [2.24, 2.45) is 0 Å². The number of carbonyl (C=O) groups is 4. The quantitative estimate of drug-likeness (QED) is 0.103. The van der Waals surface area contributed by atoms with Gasteiger partial charge in [0.25, 0.3) is 11.8 Å². The van der Waals surface area contributed by atoms with Crippen molar-refractivity contribution in [2.45, 2.75) is 19.3 Å². The summed E-state index contributed by atoms with van der Waals surface area (Å²) in [5.41, 5.74) is 2.42. The van der Waals surface area contributed by atoms with E-state index in [9.17, 15) is 19.2 Å². The molecule has 0 bridgehead atoms. The van der Waals surface area contributed by atoms with E-state index in [-0.39, 0.29) is 18.2 Å². The number of hydrogen-bond acceptors (Lipinski definition) is 6. The number of rotatable bonds is 11. The van der Waals surface area contributed by atoms with E-state index in [4.69, 9.17) is 9.47 Å². The van der Waals surface area contributed by atoms with Crippen LogP contribution in [0.2, 0.25) is 0 Å². The van der Waals surface area contributed by atoms with Gasteiger partial charge in [-0.05, 0) is 54.3 Å². The van der Waals surface area contributed by atoms with E-state index in [0.29, 0.717) is 47.6 Å². The maximum Gasteiger partial charge on any atom is 0.311 e. The third-order valence-electron chi connectivity index (χ3n) is 5.56. The van der Waals surface area contributed by atoms with E-state index in [2.05, 4.69) is 5.32 Å². The van der Waals surface area contributed by atoms with Gasteiger partial charge in [-0.25, -0.2) is 0 Å². The van der Waals surface area contributed by atoms with Gasteiger partial charge in [0.15, 0.2) is 5.78 Å². The van der Waals surface area contributed by atoms with Crippen LogP contribution in [0.25, 0.3) is 11.6 Å². The highest BCUT2D eigenvalue weighted by Gasteiger charge is 2.21. The molecule has 2 amide bonds. The Kier molecular flexibility index (Phi) is 8.39. The number of hydrogen-bond donors (Lipinski definition) is 1. The molecule has 0 spiro atoms. The summed E-state index contributed by atoms with van der Waals surface area (Å²) in [5.74, 6) is -0.152. The van der Waals surface area contributed by atoms with Crippen LogP contribution in [0.1, 0.15) is 40.7 Å². The van der Waals surface area contributed by atoms with Crippen molar-refractivity contribution in [1.29, 1.82) is 0 Å². The van der Waals surface area contributed by atoms with Crippen LogP contribution in [0.4, 0.5) is 0 Å². The molecule has 3 aromatic carbocycles. The van der Waals surface area contributed by atoms with E-state index in [1.807, 2.05) is 18.2 Å². The van der Waals surface area contributed by atoms with Gasteiger partial charge in [-0.2, -0.15) is 0 Å². The van der Waals surface area contributed by atoms with Crippen LogP contribution >= 0.6 is 0 Å². The van der Waals surface area contributed by atoms with Crippen molar-refractivity contribution in [2.75, 3.05) is 6.61 Å². The van der Waals surface area contributed by atoms with Crippen molar-refractivity contribution >= 4 is 35.2 Å². The minimum absolute atomic E-state index is 0.0782. The molecule has 4 rings (SSSR count). The van der Waals surface area contributed by atoms with Crippen LogP contribution in [0.15, 0.2) is 91.0 Å². The van der Waals surface area contributed by atoms with Crippen molar-refractivity contribution in [3.05, 3.63) is 108 Å². The lowest BCUT2D eigenvalue weighted by molar-refractivity contribution is -0.134. The van der Waals surface area contributed by atoms with Gasteiger partial charge in [-0.15, -0.1) is 0 Å². The highest BCUT2D eigenvalue weighted by atomic mass is 16.5. The van der Waals surface area contributed by atoms with Gasteiger partial charge in [-0.1, -0.05) is 60.7 Å². The van der Waals surface area contributed by atoms with Crippen LogP contribution in [0, 0.1) is 0 Å². The Balaban J connectivity index is 1.14. The van der Waals surface area contributed by atoms with Crippen LogP contribution in [0.3, 0.4) is 0 Å². The summed E-state index contributed by atoms with van der Waals surface area (Å²) in [6, 6.07) is 22.9. The topological polar surface area (TPSA) is 98.8 Å². The summed E-state index contributed by atoms with van der Waals surface area (Å²) in [6.07, 6.45) is 6.04. The van der Waals surface area contributed by atoms with Crippen LogP contribution in [0.5, 0.6) is 11.5 Å². The average molecular weight is 496 g/mol. The van der Waals surface area contributed by atoms with Crippen LogP contribution < -0.4 is 14.8 Å². The number of nitrogens with one attached hydrogen (secondary N) is 1. The lowest BCUT2D eigenvalue weighted by Crippen LogP contribution is -2.21. The van der Waals surface area contributed by atoms with Crippen LogP contribution in [-0.2, 0) is 14.4 Å². The number of carbonyl (C=O) groups excluding carboxylic acids is 4. The minimum Gasteiger partial charge on any atom is -0.494 e. The molecule has 0 unspecified atom stereocenters. The van der Waals surface area contributed by atoms with Crippen LogP contribution in [-0.4, -0.2) is 30.2 Å². The van der Waals surface area contributed by atoms with Gasteiger partial charge in [0.2, 0.25) is 0 Å². The van der Waals surface area contributed by atoms with E-state index in [1.54, 1.807) is 66.7 Å². The number of esters is 1. The fourth-order valence-corrected chi connectivity index (χ4v) is 3.62. The summed E-state index contributed by atoms with van der Waals surface area (Å²) in [7, 11) is 0. The second-order valence-corrected chi connectivity index (χ2v) is 8.31. The van der Waals surface area contributed by atoms with E-state index >= 15 is 0 Å². The van der Waals surface area contributed by atoms with Gasteiger partial charge in [0.1, 0.15) is 11.5 Å². The first-order valence-electron chi connectivity index (χ1n) is 11.9. The maximum absolute atomic E-state index is 12.2. The highest BCUT2D eigenvalue weighted by Crippen LogP contribution is 2.21. The Morgan fingerprint density at radius 1 is 0.811 bits per heavy atom. The molecule has 1 N–H and O–H groups in total. The lowest BCUT2D eigenvalue weighted by atomic mass is 10.1. The first kappa shape index (κ1) is 25.3. The molecule has 0 saturated carbocycles. The summed E-state index contributed by atoms with van der Waals surface area (Å²) in [5, 5.41) is 2.22. The molecule has 7 nitrogen and oxygen atoms in total. The van der Waals surface area contributed by atoms with Gasteiger partial charge in [0, 0.05) is 18.1 Å². The van der Waals surface area contributed by atoms with E-state index in [1.165, 1.54) is 12.2 Å². The molecule has 0 fully saturated rings. The molecular formula is C30H25NO6. The normalized spacial score (nSPS) is 12.8. The number of imide groups is 1. The molecule has 186 valence electrons. The zero-order valence-corrected chi connectivity index (χ0v) is 20.0. The number of unbranched alkanes of at least 4 members (excludes halogenated alkanes) is 1. The minimum atomic E-state index is -0.416. The molecule has 37 heavy (non-hydrogen) atoms. The predicted octanol–water partition coefficient (Wildman–Crippen LogP) is 4.78. The molecule has 0 atom stereocenters. The standard InChI is InChI=1S/C30H25NO6/c32-27(23-6-2-1-3-7-23)18-11-21-9-14-25(15-10-21)37-29(34)8-4-5-19-36-24-16-12-22(13-17-24)26-20-28(33)31-30(26)35/h1-3,6-7,9-18,20H,4-5,8,19H2,(H,31,33,35). The summed E-state index contributed by atoms with van der Waals surface area (Å²) >= 11 is 0. The SMILES string of the molecule is O=C1C=C(c2ccc(OCCCCC(=O)Oc3ccc(C=CC(=O)c4ccccc4)cc3)cc2)C(=O)N1. The van der Waals surface area contributed by atoms with Crippen molar-refractivity contribution in [3.8, 4) is 11.5 Å². The first-order chi connectivity index (χ1) is 18.0. The second kappa shape index (κ2) is 12.3. The van der Waals surface area contributed by atoms with Gasteiger partial charge < -0.3 is 9.47 Å². The Morgan fingerprint density at radius 2 is 1.51 bits per heavy atom. The summed E-state index contributed by atoms with van der Waals surface area (Å²) in [4.78, 5) is 47.3. The van der Waals surface area contributed by atoms with Crippen molar-refractivity contribution in [1.82, 2.24) is 5.32 Å². The third kappa shape index (κ3) is 7.35. The molecule has 0 radical (unpaired) electrons. The lowest BCUT2D eigenvalue weighted by Gasteiger charge is -2.08. The van der Waals surface area contributed by atoms with Gasteiger partial charge >= 0.3 is 5.97 Å². The fourth-order valence-electron chi connectivity index (χ4n) is 3.62. The molecule has 0 saturated heterocycles. The Hall–Kier alpha value is -4.78. The number of ether oxygens (including phenoxy) is 2. The molecule has 3 aromatic rings. The number of amides is 2. The Labute approximate surface area is 214 Å². The average Bonchev–Trinajstić information content (AvgIpc) is 3.26. The largest absolute Gasteiger partial charge is 0.494 e. The number of benzene rings is 3. The number of ketones is 1. The Bertz CT molecular complexity index is 1340. The molecule has 0 aliphatic carbocycles. The third-order valence-corrected chi connectivity index (χ3v) is 5.56. The van der Waals surface area contributed by atoms with Gasteiger partial charge in [-0.3, -0.25) is 24.5 Å². The molecule has 1 heterocycles. The smallest absolute Gasteiger partial charge is 0.311 e. The second-order valence-electron chi connectivity index (χ2n) is 8.31. The molecule has 7 heteroatoms.